The van der Waals surface area contributed by atoms with E-state index in [9.17, 15) is 24.6 Å². The molecule has 0 heterocycles. The zero-order chi connectivity index (χ0) is 56.2. The van der Waals surface area contributed by atoms with Gasteiger partial charge in [0.25, 0.3) is 0 Å². The Labute approximate surface area is 486 Å². The highest BCUT2D eigenvalue weighted by Gasteiger charge is 2.21. The summed E-state index contributed by atoms with van der Waals surface area (Å²) >= 11 is 3.44. The van der Waals surface area contributed by atoms with Crippen LogP contribution in [0.2, 0.25) is 0 Å². The maximum Gasteiger partial charge on any atom is 0.306 e. The number of carboxylic acid groups (broad SMARTS) is 1. The van der Waals surface area contributed by atoms with Crippen LogP contribution in [0.15, 0.2) is 164 Å². The van der Waals surface area contributed by atoms with Crippen LogP contribution in [-0.4, -0.2) is 59.9 Å². The fourth-order valence-corrected chi connectivity index (χ4v) is 9.49. The third-order valence-corrected chi connectivity index (χ3v) is 14.8. The van der Waals surface area contributed by atoms with Gasteiger partial charge >= 0.3 is 17.9 Å². The first kappa shape index (κ1) is 70.6. The van der Waals surface area contributed by atoms with Crippen molar-refractivity contribution in [2.45, 2.75) is 146 Å². The minimum absolute atomic E-state index is 0. The van der Waals surface area contributed by atoms with Gasteiger partial charge in [0.1, 0.15) is 17.2 Å². The van der Waals surface area contributed by atoms with E-state index in [-0.39, 0.29) is 58.1 Å². The Balaban J connectivity index is 0.00000109. The first-order valence-corrected chi connectivity index (χ1v) is 29.0. The monoisotopic (exact) mass is 1150 g/mol. The molecule has 0 fully saturated rings. The van der Waals surface area contributed by atoms with Crippen LogP contribution in [0.25, 0.3) is 0 Å². The van der Waals surface area contributed by atoms with Gasteiger partial charge in [0.2, 0.25) is 0 Å². The van der Waals surface area contributed by atoms with Crippen LogP contribution in [-0.2, 0) is 23.9 Å². The third-order valence-electron chi connectivity index (χ3n) is 13.9. The normalized spacial score (nSPS) is 11.5. The number of ether oxygens (including phenoxy) is 4. The molecule has 79 heavy (non-hydrogen) atoms. The number of aromatic hydroxyl groups is 1. The summed E-state index contributed by atoms with van der Waals surface area (Å²) in [5.41, 5.74) is 6.28. The van der Waals surface area contributed by atoms with Crippen molar-refractivity contribution < 1.29 is 45.0 Å². The van der Waals surface area contributed by atoms with Crippen LogP contribution in [0.5, 0.6) is 17.2 Å². The molecule has 9 nitrogen and oxygen atoms in total. The highest BCUT2D eigenvalue weighted by Crippen LogP contribution is 2.32. The van der Waals surface area contributed by atoms with Crippen molar-refractivity contribution in [3.8, 4) is 17.2 Å². The van der Waals surface area contributed by atoms with Crippen LogP contribution in [0, 0.1) is 17.8 Å². The number of alkyl halides is 1. The molecule has 10 heteroatoms. The highest BCUT2D eigenvalue weighted by atomic mass is 79.9. The lowest BCUT2D eigenvalue weighted by molar-refractivity contribution is -0.144. The Bertz CT molecular complexity index is 2460. The number of carboxylic acids is 1. The number of benzene rings is 6. The van der Waals surface area contributed by atoms with Crippen molar-refractivity contribution >= 4 is 33.8 Å². The minimum atomic E-state index is -0.794. The molecule has 0 saturated carbocycles. The molecule has 6 aromatic carbocycles. The van der Waals surface area contributed by atoms with Crippen molar-refractivity contribution in [3.63, 3.8) is 0 Å². The SMILES string of the molecule is C.C.CCC(CC)CBr.CCC(CC)COc1ccc(C(CC(=O)O)c2ccccc2)cc1.CCOC(=O)CC(c1ccccc1)c1ccc(O)cc1.CCOC(=O)CC(c1ccccc1)c1ccc(OCC(CC)CC)cc1.[2H-]. The summed E-state index contributed by atoms with van der Waals surface area (Å²) in [7, 11) is 0. The van der Waals surface area contributed by atoms with Gasteiger partial charge in [0, 0.05) is 23.1 Å². The standard InChI is InChI=1S/C23H30O3.C21H26O3.C17H18O3.C6H13Br.2CH4.H/c1-4-18(5-2)17-26-21-14-12-20(13-15-21)22(16-23(24)25-6-3)19-10-8-7-9-11-19;1-3-16(4-2)15-24-19-12-10-18(11-13-19)20(14-21(22)23)17-8-6-5-7-9-17;1-2-20-17(19)12-16(13-6-4-3-5-7-13)14-8-10-15(18)11-9-14;1-3-6(4-2)5-7;;;/h7-15,18,22H,4-6,16-17H2,1-3H3;5-13,16,20H,3-4,14-15H2,1-2H3,(H,22,23);3-11,16,18H,2,12H2,1H3;6H,3-5H2,1-2H3;2*1H4;/q;;;;;;-1/i;;;;;;1+1. The second-order valence-corrected chi connectivity index (χ2v) is 19.7. The van der Waals surface area contributed by atoms with E-state index in [0.29, 0.717) is 37.9 Å². The van der Waals surface area contributed by atoms with Crippen molar-refractivity contribution in [1.82, 2.24) is 0 Å². The maximum atomic E-state index is 12.1. The predicted octanol–water partition coefficient (Wildman–Crippen LogP) is 18.4. The van der Waals surface area contributed by atoms with E-state index in [2.05, 4.69) is 81.7 Å². The Morgan fingerprint density at radius 3 is 0.949 bits per heavy atom. The number of halogens is 1. The van der Waals surface area contributed by atoms with Gasteiger partial charge in [-0.25, -0.2) is 0 Å². The van der Waals surface area contributed by atoms with Gasteiger partial charge in [-0.15, -0.1) is 0 Å². The summed E-state index contributed by atoms with van der Waals surface area (Å²) in [5.74, 6) is 2.62. The molecule has 0 aliphatic rings. The smallest absolute Gasteiger partial charge is 0.306 e. The van der Waals surface area contributed by atoms with Crippen molar-refractivity contribution in [2.24, 2.45) is 17.8 Å². The molecule has 0 spiro atoms. The van der Waals surface area contributed by atoms with Gasteiger partial charge in [0.05, 0.1) is 45.7 Å². The maximum absolute atomic E-state index is 12.1. The molecule has 3 unspecified atom stereocenters. The van der Waals surface area contributed by atoms with Gasteiger partial charge in [-0.05, 0) is 101 Å². The third kappa shape index (κ3) is 26.9. The molecule has 0 aliphatic carbocycles. The predicted molar refractivity (Wildman–Crippen MR) is 332 cm³/mol. The number of esters is 2. The molecule has 6 aromatic rings. The fraction of sp³-hybridized carbons (Fsp3) is 0.435. The average Bonchev–Trinajstić information content (AvgIpc) is 3.47. The first-order valence-electron chi connectivity index (χ1n) is 27.8. The largest absolute Gasteiger partial charge is 1.00 e. The second-order valence-electron chi connectivity index (χ2n) is 19.1. The Morgan fingerprint density at radius 2 is 0.696 bits per heavy atom. The lowest BCUT2D eigenvalue weighted by atomic mass is 9.88. The number of aliphatic carboxylic acids is 1. The van der Waals surface area contributed by atoms with Gasteiger partial charge in [-0.3, -0.25) is 14.4 Å². The van der Waals surface area contributed by atoms with Gasteiger partial charge in [-0.1, -0.05) is 238 Å². The Hall–Kier alpha value is -6.39. The number of phenols is 1. The molecule has 0 aliphatic heterocycles. The molecular formula is C69H96BrO9-. The van der Waals surface area contributed by atoms with Gasteiger partial charge < -0.3 is 30.6 Å². The zero-order valence-electron chi connectivity index (χ0n) is 48.1. The summed E-state index contributed by atoms with van der Waals surface area (Å²) in [4.78, 5) is 35.1. The number of hydrogen-bond donors (Lipinski definition) is 2. The first-order chi connectivity index (χ1) is 37.4. The fourth-order valence-electron chi connectivity index (χ4n) is 8.57. The van der Waals surface area contributed by atoms with E-state index in [4.69, 9.17) is 18.9 Å². The molecule has 0 bridgehead atoms. The topological polar surface area (TPSA) is 129 Å². The molecule has 0 radical (unpaired) electrons. The molecule has 6 rings (SSSR count). The zero-order valence-corrected chi connectivity index (χ0v) is 48.7. The minimum Gasteiger partial charge on any atom is -1.00 e. The molecular weight excluding hydrogens is 1050 g/mol. The van der Waals surface area contributed by atoms with E-state index < -0.39 is 5.97 Å². The van der Waals surface area contributed by atoms with Crippen LogP contribution in [0.3, 0.4) is 0 Å². The van der Waals surface area contributed by atoms with Crippen molar-refractivity contribution in [2.75, 3.05) is 31.8 Å². The molecule has 2 N–H and O–H groups in total. The van der Waals surface area contributed by atoms with Gasteiger partial charge in [0.15, 0.2) is 0 Å². The summed E-state index contributed by atoms with van der Waals surface area (Å²) in [6.07, 6.45) is 7.82. The van der Waals surface area contributed by atoms with E-state index in [1.165, 1.54) is 18.2 Å². The number of hydrogen-bond acceptors (Lipinski definition) is 8. The van der Waals surface area contributed by atoms with E-state index in [1.54, 1.807) is 19.1 Å². The summed E-state index contributed by atoms with van der Waals surface area (Å²) in [6, 6.07) is 52.6. The Morgan fingerprint density at radius 1 is 0.418 bits per heavy atom. The molecule has 3 atom stereocenters. The van der Waals surface area contributed by atoms with E-state index in [1.807, 2.05) is 134 Å². The van der Waals surface area contributed by atoms with Crippen molar-refractivity contribution in [3.05, 3.63) is 197 Å². The molecule has 0 amide bonds. The molecule has 0 saturated heterocycles. The summed E-state index contributed by atoms with van der Waals surface area (Å²) in [5, 5.41) is 19.8. The lowest BCUT2D eigenvalue weighted by Crippen LogP contribution is -2.12. The summed E-state index contributed by atoms with van der Waals surface area (Å²) < 4.78 is 22.0. The highest BCUT2D eigenvalue weighted by molar-refractivity contribution is 9.09. The van der Waals surface area contributed by atoms with E-state index in [0.717, 1.165) is 89.7 Å². The van der Waals surface area contributed by atoms with Crippen molar-refractivity contribution in [1.29, 1.82) is 0 Å². The number of carbonyl (C=O) groups is 3. The van der Waals surface area contributed by atoms with Crippen LogP contribution in [0.1, 0.15) is 181 Å². The van der Waals surface area contributed by atoms with Crippen LogP contribution < -0.4 is 9.47 Å². The molecule has 434 valence electrons. The quantitative estimate of drug-likeness (QED) is 0.0383. The Kier molecular flexibility index (Phi) is 37.2. The van der Waals surface area contributed by atoms with Crippen LogP contribution in [0.4, 0.5) is 0 Å². The summed E-state index contributed by atoms with van der Waals surface area (Å²) in [6.45, 7) is 19.1. The number of phenolic OH excluding ortho intramolecular Hbond substituents is 1. The second kappa shape index (κ2) is 41.6. The van der Waals surface area contributed by atoms with Crippen LogP contribution >= 0.6 is 15.9 Å². The van der Waals surface area contributed by atoms with E-state index >= 15 is 0 Å². The van der Waals surface area contributed by atoms with Gasteiger partial charge in [-0.2, -0.15) is 0 Å². The lowest BCUT2D eigenvalue weighted by Gasteiger charge is -2.18. The number of carbonyl (C=O) groups excluding carboxylic acids is 2. The number of rotatable bonds is 27. The average molecular weight is 1150 g/mol. The molecule has 0 aromatic heterocycles.